The maximum atomic E-state index is 13.5. The average molecular weight is 742 g/mol. The number of nitrogens with zero attached hydrogens (tertiary/aromatic N) is 1. The van der Waals surface area contributed by atoms with Crippen LogP contribution in [0.3, 0.4) is 0 Å². The van der Waals surface area contributed by atoms with Gasteiger partial charge in [-0.15, -0.1) is 23.1 Å². The summed E-state index contributed by atoms with van der Waals surface area (Å²) in [6, 6.07) is 31.1. The first kappa shape index (κ1) is 34.6. The van der Waals surface area contributed by atoms with Gasteiger partial charge in [0.25, 0.3) is 11.8 Å². The molecule has 8 nitrogen and oxygen atoms in total. The number of amides is 3. The van der Waals surface area contributed by atoms with Crippen LogP contribution in [-0.2, 0) is 9.59 Å². The van der Waals surface area contributed by atoms with Crippen molar-refractivity contribution in [2.45, 2.75) is 30.4 Å². The summed E-state index contributed by atoms with van der Waals surface area (Å²) in [6.45, 7) is 4.49. The maximum absolute atomic E-state index is 13.5. The number of carbonyl (C=O) groups is 3. The Hall–Kier alpha value is -4.71. The van der Waals surface area contributed by atoms with Gasteiger partial charge in [-0.25, -0.2) is 4.98 Å². The molecule has 1 atom stereocenters. The Morgan fingerprint density at radius 3 is 2.38 bits per heavy atom. The van der Waals surface area contributed by atoms with Crippen molar-refractivity contribution >= 4 is 73.6 Å². The Morgan fingerprint density at radius 2 is 1.67 bits per heavy atom. The van der Waals surface area contributed by atoms with E-state index < -0.39 is 17.1 Å². The molecule has 0 fully saturated rings. The highest BCUT2D eigenvalue weighted by Crippen LogP contribution is 2.31. The fraction of sp³-hybridized carbons (Fsp3) is 0.135. The second kappa shape index (κ2) is 16.9. The second-order valence-corrected chi connectivity index (χ2v) is 13.5. The molecule has 5 rings (SSSR count). The lowest BCUT2D eigenvalue weighted by molar-refractivity contribution is -0.116. The molecule has 0 radical (unpaired) electrons. The van der Waals surface area contributed by atoms with Crippen molar-refractivity contribution in [2.75, 3.05) is 17.2 Å². The number of ether oxygens (including phenoxy) is 1. The van der Waals surface area contributed by atoms with Crippen molar-refractivity contribution in [2.24, 2.45) is 0 Å². The lowest BCUT2D eigenvalue weighted by Gasteiger charge is -2.15. The van der Waals surface area contributed by atoms with Gasteiger partial charge in [-0.1, -0.05) is 59.3 Å². The van der Waals surface area contributed by atoms with Gasteiger partial charge >= 0.3 is 0 Å². The molecule has 1 unspecified atom stereocenters. The molecule has 3 N–H and O–H groups in total. The summed E-state index contributed by atoms with van der Waals surface area (Å²) in [5, 5.41) is 10.6. The van der Waals surface area contributed by atoms with Crippen LogP contribution in [0.15, 0.2) is 124 Å². The van der Waals surface area contributed by atoms with Gasteiger partial charge < -0.3 is 20.7 Å². The van der Waals surface area contributed by atoms with Gasteiger partial charge in [-0.05, 0) is 91.7 Å². The Labute approximate surface area is 296 Å². The largest absolute Gasteiger partial charge is 0.494 e. The summed E-state index contributed by atoms with van der Waals surface area (Å²) in [7, 11) is 0. The van der Waals surface area contributed by atoms with Crippen molar-refractivity contribution in [3.8, 4) is 17.0 Å². The van der Waals surface area contributed by atoms with Crippen molar-refractivity contribution in [3.05, 3.63) is 130 Å². The Balaban J connectivity index is 1.25. The number of aromatic nitrogens is 1. The number of anilines is 2. The summed E-state index contributed by atoms with van der Waals surface area (Å²) in [5.74, 6) is -0.250. The molecule has 48 heavy (non-hydrogen) atoms. The van der Waals surface area contributed by atoms with Gasteiger partial charge in [0, 0.05) is 31.6 Å². The van der Waals surface area contributed by atoms with Crippen LogP contribution in [0.25, 0.3) is 17.3 Å². The molecule has 0 bridgehead atoms. The molecular weight excluding hydrogens is 708 g/mol. The van der Waals surface area contributed by atoms with E-state index in [1.54, 1.807) is 36.4 Å². The molecule has 1 heterocycles. The van der Waals surface area contributed by atoms with E-state index in [1.165, 1.54) is 23.1 Å². The Bertz CT molecular complexity index is 1900. The van der Waals surface area contributed by atoms with E-state index in [1.807, 2.05) is 92.0 Å². The predicted octanol–water partition coefficient (Wildman–Crippen LogP) is 8.89. The third-order valence-electron chi connectivity index (χ3n) is 6.94. The molecule has 0 spiro atoms. The third-order valence-corrected chi connectivity index (χ3v) is 9.58. The fourth-order valence-corrected chi connectivity index (χ4v) is 6.54. The highest BCUT2D eigenvalue weighted by molar-refractivity contribution is 9.10. The van der Waals surface area contributed by atoms with E-state index in [2.05, 4.69) is 36.9 Å². The number of carbonyl (C=O) groups excluding carboxylic acids is 3. The van der Waals surface area contributed by atoms with Crippen LogP contribution >= 0.6 is 39.0 Å². The summed E-state index contributed by atoms with van der Waals surface area (Å²) in [5.41, 5.74) is 3.49. The summed E-state index contributed by atoms with van der Waals surface area (Å²) in [4.78, 5) is 45.2. The van der Waals surface area contributed by atoms with E-state index in [-0.39, 0.29) is 11.6 Å². The first-order valence-corrected chi connectivity index (χ1v) is 17.8. The third kappa shape index (κ3) is 9.66. The normalized spacial score (nSPS) is 11.8. The predicted molar refractivity (Wildman–Crippen MR) is 198 cm³/mol. The highest BCUT2D eigenvalue weighted by atomic mass is 79.9. The van der Waals surface area contributed by atoms with Crippen molar-refractivity contribution in [3.63, 3.8) is 0 Å². The number of rotatable bonds is 13. The molecule has 0 aliphatic rings. The molecule has 0 saturated carbocycles. The minimum atomic E-state index is -0.485. The van der Waals surface area contributed by atoms with Crippen LogP contribution in [0.5, 0.6) is 5.75 Å². The highest BCUT2D eigenvalue weighted by Gasteiger charge is 2.21. The number of halogens is 1. The van der Waals surface area contributed by atoms with Crippen molar-refractivity contribution < 1.29 is 19.1 Å². The van der Waals surface area contributed by atoms with Crippen LogP contribution in [-0.4, -0.2) is 34.6 Å². The zero-order valence-corrected chi connectivity index (χ0v) is 29.5. The van der Waals surface area contributed by atoms with Gasteiger partial charge in [0.05, 0.1) is 17.6 Å². The molecule has 5 aromatic rings. The van der Waals surface area contributed by atoms with Gasteiger partial charge in [0.2, 0.25) is 5.91 Å². The molecule has 4 aromatic carbocycles. The number of hydrogen-bond acceptors (Lipinski definition) is 7. The molecule has 1 aromatic heterocycles. The molecule has 0 aliphatic carbocycles. The molecule has 3 amide bonds. The maximum Gasteiger partial charge on any atom is 0.272 e. The second-order valence-electron chi connectivity index (χ2n) is 10.4. The van der Waals surface area contributed by atoms with E-state index in [9.17, 15) is 14.4 Å². The van der Waals surface area contributed by atoms with Crippen LogP contribution < -0.4 is 20.7 Å². The van der Waals surface area contributed by atoms with Crippen LogP contribution in [0.4, 0.5) is 10.8 Å². The number of thioether (sulfide) groups is 1. The number of nitrogens with one attached hydrogen (secondary N) is 3. The molecule has 0 aliphatic heterocycles. The van der Waals surface area contributed by atoms with E-state index in [4.69, 9.17) is 4.74 Å². The molecular formula is C37H33BrN4O4S2. The zero-order chi connectivity index (χ0) is 33.9. The first-order valence-electron chi connectivity index (χ1n) is 15.2. The monoisotopic (exact) mass is 740 g/mol. The van der Waals surface area contributed by atoms with Crippen LogP contribution in [0.1, 0.15) is 36.2 Å². The molecule has 0 saturated heterocycles. The number of hydrogen-bond donors (Lipinski definition) is 3. The number of thiazole rings is 1. The van der Waals surface area contributed by atoms with Crippen molar-refractivity contribution in [1.29, 1.82) is 0 Å². The Morgan fingerprint density at radius 1 is 0.917 bits per heavy atom. The minimum absolute atomic E-state index is 0.0862. The summed E-state index contributed by atoms with van der Waals surface area (Å²) in [6.07, 6.45) is 2.20. The lowest BCUT2D eigenvalue weighted by Crippen LogP contribution is -2.30. The van der Waals surface area contributed by atoms with Crippen LogP contribution in [0.2, 0.25) is 0 Å². The number of benzene rings is 4. The summed E-state index contributed by atoms with van der Waals surface area (Å²) < 4.78 is 6.41. The van der Waals surface area contributed by atoms with E-state index >= 15 is 0 Å². The smallest absolute Gasteiger partial charge is 0.272 e. The quantitative estimate of drug-likeness (QED) is 0.0822. The van der Waals surface area contributed by atoms with Gasteiger partial charge in [-0.3, -0.25) is 14.4 Å². The fourth-order valence-electron chi connectivity index (χ4n) is 4.54. The van der Waals surface area contributed by atoms with Gasteiger partial charge in [0.15, 0.2) is 5.13 Å². The minimum Gasteiger partial charge on any atom is -0.494 e. The lowest BCUT2D eigenvalue weighted by atomic mass is 10.1. The average Bonchev–Trinajstić information content (AvgIpc) is 3.57. The summed E-state index contributed by atoms with van der Waals surface area (Å²) >= 11 is 6.19. The molecule has 11 heteroatoms. The van der Waals surface area contributed by atoms with E-state index in [0.717, 1.165) is 31.9 Å². The van der Waals surface area contributed by atoms with Crippen LogP contribution in [0, 0.1) is 0 Å². The topological polar surface area (TPSA) is 109 Å². The Kier molecular flexibility index (Phi) is 12.2. The first-order chi connectivity index (χ1) is 23.3. The standard InChI is InChI=1S/C37H33BrN4O4S2/c1-3-33(36(45)42-37-41-32(23-47-37)25-15-19-29(20-16-25)46-4-2)48-30-12-8-11-28(22-30)39-35(44)31(21-24-13-17-27(38)18-14-24)40-34(43)26-9-6-5-7-10-26/h5-23,33H,3-4H2,1-2H3,(H,39,44)(H,40,43)(H,41,42,45)/b31-21-. The zero-order valence-electron chi connectivity index (χ0n) is 26.2. The van der Waals surface area contributed by atoms with E-state index in [0.29, 0.717) is 29.4 Å². The van der Waals surface area contributed by atoms with Gasteiger partial charge in [0.1, 0.15) is 11.4 Å². The van der Waals surface area contributed by atoms with Gasteiger partial charge in [-0.2, -0.15) is 0 Å². The van der Waals surface area contributed by atoms with Crippen molar-refractivity contribution in [1.82, 2.24) is 10.3 Å². The SMILES string of the molecule is CCOc1ccc(-c2csc(NC(=O)C(CC)Sc3cccc(NC(=O)/C(=C/c4ccc(Br)cc4)NC(=O)c4ccccc4)c3)n2)cc1. The molecule has 244 valence electrons.